The van der Waals surface area contributed by atoms with Crippen LogP contribution in [-0.2, 0) is 4.79 Å². The first-order valence-electron chi connectivity index (χ1n) is 5.06. The lowest BCUT2D eigenvalue weighted by Crippen LogP contribution is -2.44. The zero-order valence-electron chi connectivity index (χ0n) is 9.26. The fourth-order valence-corrected chi connectivity index (χ4v) is 1.00. The van der Waals surface area contributed by atoms with E-state index in [0.29, 0.717) is 13.0 Å². The van der Waals surface area contributed by atoms with Gasteiger partial charge < -0.3 is 11.1 Å². The van der Waals surface area contributed by atoms with Gasteiger partial charge in [0.15, 0.2) is 0 Å². The highest BCUT2D eigenvalue weighted by atomic mass is 16.2. The normalized spacial score (nSPS) is 13.7. The van der Waals surface area contributed by atoms with Crippen LogP contribution in [0.15, 0.2) is 0 Å². The van der Waals surface area contributed by atoms with Crippen molar-refractivity contribution in [1.29, 1.82) is 0 Å². The molecule has 0 aromatic carbocycles. The Kier molecular flexibility index (Phi) is 6.87. The molecule has 0 saturated heterocycles. The largest absolute Gasteiger partial charge is 0.354 e. The monoisotopic (exact) mass is 196 g/mol. The molecule has 0 aliphatic heterocycles. The summed E-state index contributed by atoms with van der Waals surface area (Å²) in [6.45, 7) is 6.38. The minimum Gasteiger partial charge on any atom is -0.354 e. The molecule has 0 fully saturated rings. The fraction of sp³-hybridized carbons (Fsp3) is 0.727. The van der Waals surface area contributed by atoms with Crippen molar-refractivity contribution in [2.75, 3.05) is 6.54 Å². The van der Waals surface area contributed by atoms with Crippen LogP contribution in [0.25, 0.3) is 0 Å². The lowest BCUT2D eigenvalue weighted by Gasteiger charge is -2.17. The first kappa shape index (κ1) is 13.0. The molecule has 0 bridgehead atoms. The Bertz CT molecular complexity index is 227. The molecular formula is C11H20N2O. The molecule has 0 aliphatic rings. The van der Waals surface area contributed by atoms with E-state index in [2.05, 4.69) is 17.2 Å². The summed E-state index contributed by atoms with van der Waals surface area (Å²) in [7, 11) is 0. The number of carbonyl (C=O) groups is 1. The van der Waals surface area contributed by atoms with E-state index in [1.165, 1.54) is 0 Å². The molecule has 0 saturated carbocycles. The van der Waals surface area contributed by atoms with Gasteiger partial charge in [0, 0.05) is 13.0 Å². The summed E-state index contributed by atoms with van der Waals surface area (Å²) in [6, 6.07) is -0.394. The van der Waals surface area contributed by atoms with Crippen LogP contribution >= 0.6 is 0 Å². The molecule has 0 radical (unpaired) electrons. The highest BCUT2D eigenvalue weighted by molar-refractivity contribution is 5.81. The molecule has 0 heterocycles. The van der Waals surface area contributed by atoms with E-state index in [1.54, 1.807) is 6.92 Å². The molecule has 3 N–H and O–H groups in total. The second-order valence-corrected chi connectivity index (χ2v) is 3.38. The first-order valence-corrected chi connectivity index (χ1v) is 5.06. The van der Waals surface area contributed by atoms with Gasteiger partial charge in [0.2, 0.25) is 5.91 Å². The van der Waals surface area contributed by atoms with Crippen molar-refractivity contribution in [3.05, 3.63) is 0 Å². The molecule has 14 heavy (non-hydrogen) atoms. The molecule has 0 aliphatic carbocycles. The van der Waals surface area contributed by atoms with Crippen LogP contribution in [0.5, 0.6) is 0 Å². The third-order valence-corrected chi connectivity index (χ3v) is 2.29. The van der Waals surface area contributed by atoms with E-state index in [4.69, 9.17) is 5.73 Å². The van der Waals surface area contributed by atoms with Crippen molar-refractivity contribution >= 4 is 5.91 Å². The van der Waals surface area contributed by atoms with Crippen molar-refractivity contribution in [3.8, 4) is 11.8 Å². The number of rotatable bonds is 5. The van der Waals surface area contributed by atoms with Gasteiger partial charge in [-0.3, -0.25) is 4.79 Å². The van der Waals surface area contributed by atoms with Gasteiger partial charge in [-0.15, -0.1) is 11.8 Å². The van der Waals surface area contributed by atoms with Gasteiger partial charge in [0.05, 0.1) is 6.04 Å². The third kappa shape index (κ3) is 4.88. The highest BCUT2D eigenvalue weighted by Crippen LogP contribution is 2.04. The highest BCUT2D eigenvalue weighted by Gasteiger charge is 2.18. The fourth-order valence-electron chi connectivity index (χ4n) is 1.00. The van der Waals surface area contributed by atoms with E-state index in [-0.39, 0.29) is 11.8 Å². The van der Waals surface area contributed by atoms with Gasteiger partial charge in [-0.25, -0.2) is 0 Å². The van der Waals surface area contributed by atoms with Gasteiger partial charge >= 0.3 is 0 Å². The van der Waals surface area contributed by atoms with Gasteiger partial charge in [-0.05, 0) is 12.8 Å². The molecule has 0 spiro atoms. The smallest absolute Gasteiger partial charge is 0.237 e. The molecule has 0 aromatic heterocycles. The number of hydrogen-bond donors (Lipinski definition) is 2. The number of nitrogens with two attached hydrogens (primary N) is 1. The maximum Gasteiger partial charge on any atom is 0.237 e. The summed E-state index contributed by atoms with van der Waals surface area (Å²) in [5.74, 6) is 5.81. The minimum atomic E-state index is -0.394. The van der Waals surface area contributed by atoms with Crippen LogP contribution < -0.4 is 11.1 Å². The lowest BCUT2D eigenvalue weighted by molar-refractivity contribution is -0.123. The van der Waals surface area contributed by atoms with Gasteiger partial charge in [-0.2, -0.15) is 0 Å². The summed E-state index contributed by atoms with van der Waals surface area (Å²) in [5.41, 5.74) is 5.74. The Morgan fingerprint density at radius 3 is 2.71 bits per heavy atom. The maximum absolute atomic E-state index is 11.4. The maximum atomic E-state index is 11.4. The molecule has 3 nitrogen and oxygen atoms in total. The van der Waals surface area contributed by atoms with Crippen LogP contribution in [0.3, 0.4) is 0 Å². The average molecular weight is 196 g/mol. The Labute approximate surface area is 86.4 Å². The molecule has 1 unspecified atom stereocenters. The van der Waals surface area contributed by atoms with Crippen LogP contribution in [0, 0.1) is 17.8 Å². The van der Waals surface area contributed by atoms with Crippen molar-refractivity contribution in [2.45, 2.75) is 39.7 Å². The Hall–Kier alpha value is -1.01. The summed E-state index contributed by atoms with van der Waals surface area (Å²) in [4.78, 5) is 11.4. The van der Waals surface area contributed by atoms with E-state index in [1.807, 2.05) is 13.8 Å². The van der Waals surface area contributed by atoms with Crippen LogP contribution in [0.2, 0.25) is 0 Å². The van der Waals surface area contributed by atoms with Crippen molar-refractivity contribution in [2.24, 2.45) is 11.7 Å². The Morgan fingerprint density at radius 2 is 2.21 bits per heavy atom. The minimum absolute atomic E-state index is 0.0720. The molecule has 2 atom stereocenters. The first-order chi connectivity index (χ1) is 6.63. The molecule has 0 rings (SSSR count). The molecule has 3 heteroatoms. The summed E-state index contributed by atoms with van der Waals surface area (Å²) >= 11 is 0. The zero-order chi connectivity index (χ0) is 11.0. The van der Waals surface area contributed by atoms with Crippen molar-refractivity contribution < 1.29 is 4.79 Å². The average Bonchev–Trinajstić information content (AvgIpc) is 2.21. The zero-order valence-corrected chi connectivity index (χ0v) is 9.26. The topological polar surface area (TPSA) is 55.1 Å². The molecule has 1 amide bonds. The van der Waals surface area contributed by atoms with E-state index in [9.17, 15) is 4.79 Å². The second-order valence-electron chi connectivity index (χ2n) is 3.38. The Morgan fingerprint density at radius 1 is 1.57 bits per heavy atom. The van der Waals surface area contributed by atoms with Gasteiger partial charge in [0.1, 0.15) is 0 Å². The van der Waals surface area contributed by atoms with E-state index in [0.717, 1.165) is 6.42 Å². The second kappa shape index (κ2) is 7.40. The van der Waals surface area contributed by atoms with Crippen molar-refractivity contribution in [3.63, 3.8) is 0 Å². The SMILES string of the molecule is CC#CCCNC(=O)[C@@H](N)C(C)CC. The quantitative estimate of drug-likeness (QED) is 0.507. The summed E-state index contributed by atoms with van der Waals surface area (Å²) in [5, 5.41) is 2.77. The van der Waals surface area contributed by atoms with Gasteiger partial charge in [0.25, 0.3) is 0 Å². The predicted octanol–water partition coefficient (Wildman–Crippen LogP) is 0.889. The number of amides is 1. The summed E-state index contributed by atoms with van der Waals surface area (Å²) < 4.78 is 0. The number of hydrogen-bond acceptors (Lipinski definition) is 2. The van der Waals surface area contributed by atoms with Crippen LogP contribution in [0.1, 0.15) is 33.6 Å². The molecule has 0 aromatic rings. The van der Waals surface area contributed by atoms with Crippen molar-refractivity contribution in [1.82, 2.24) is 5.32 Å². The molecular weight excluding hydrogens is 176 g/mol. The predicted molar refractivity (Wildman–Crippen MR) is 58.5 cm³/mol. The van der Waals surface area contributed by atoms with Crippen LogP contribution in [0.4, 0.5) is 0 Å². The van der Waals surface area contributed by atoms with E-state index < -0.39 is 6.04 Å². The lowest BCUT2D eigenvalue weighted by atomic mass is 9.99. The summed E-state index contributed by atoms with van der Waals surface area (Å²) in [6.07, 6.45) is 1.61. The Balaban J connectivity index is 3.76. The third-order valence-electron chi connectivity index (χ3n) is 2.29. The van der Waals surface area contributed by atoms with Gasteiger partial charge in [-0.1, -0.05) is 20.3 Å². The van der Waals surface area contributed by atoms with E-state index >= 15 is 0 Å². The van der Waals surface area contributed by atoms with Crippen LogP contribution in [-0.4, -0.2) is 18.5 Å². The number of carbonyl (C=O) groups excluding carboxylic acids is 1. The standard InChI is InChI=1S/C11H20N2O/c1-4-6-7-8-13-11(14)10(12)9(3)5-2/h9-10H,5,7-8,12H2,1-3H3,(H,13,14)/t9?,10-/m0/s1. The molecule has 80 valence electrons. The number of nitrogens with one attached hydrogen (secondary N) is 1.